The van der Waals surface area contributed by atoms with Crippen molar-refractivity contribution in [1.82, 2.24) is 24.9 Å². The maximum absolute atomic E-state index is 12.7. The summed E-state index contributed by atoms with van der Waals surface area (Å²) in [4.78, 5) is 17.0. The van der Waals surface area contributed by atoms with Crippen LogP contribution in [0.15, 0.2) is 30.3 Å². The van der Waals surface area contributed by atoms with Gasteiger partial charge < -0.3 is 10.2 Å². The molecule has 0 radical (unpaired) electrons. The van der Waals surface area contributed by atoms with Crippen molar-refractivity contribution in [2.24, 2.45) is 0 Å². The molecule has 31 heavy (non-hydrogen) atoms. The van der Waals surface area contributed by atoms with Crippen molar-refractivity contribution in [1.29, 1.82) is 0 Å². The number of fused-ring (bicyclic) bond motifs is 1. The van der Waals surface area contributed by atoms with E-state index in [1.54, 1.807) is 4.90 Å². The van der Waals surface area contributed by atoms with E-state index in [1.807, 2.05) is 14.1 Å². The Hall–Kier alpha value is -2.18. The average molecular weight is 424 g/mol. The highest BCUT2D eigenvalue weighted by Crippen LogP contribution is 2.27. The maximum atomic E-state index is 12.7. The number of nitrogens with zero attached hydrogens (tertiary/aromatic N) is 4. The molecule has 6 nitrogen and oxygen atoms in total. The predicted molar refractivity (Wildman–Crippen MR) is 124 cm³/mol. The molecule has 2 aromatic rings. The number of likely N-dealkylation sites (tertiary alicyclic amines) is 1. The monoisotopic (exact) mass is 423 g/mol. The molecule has 1 amide bonds. The van der Waals surface area contributed by atoms with Crippen LogP contribution in [0.4, 0.5) is 0 Å². The highest BCUT2D eigenvalue weighted by Gasteiger charge is 2.31. The molecule has 1 aliphatic heterocycles. The molecule has 1 N–H and O–H groups in total. The van der Waals surface area contributed by atoms with Gasteiger partial charge in [0.1, 0.15) is 0 Å². The van der Waals surface area contributed by atoms with Crippen molar-refractivity contribution in [2.75, 3.05) is 27.2 Å². The average Bonchev–Trinajstić information content (AvgIpc) is 3.13. The van der Waals surface area contributed by atoms with Crippen molar-refractivity contribution >= 4 is 5.91 Å². The lowest BCUT2D eigenvalue weighted by Gasteiger charge is -2.35. The number of hydrogen-bond donors (Lipinski definition) is 1. The van der Waals surface area contributed by atoms with Crippen LogP contribution in [-0.2, 0) is 25.9 Å². The summed E-state index contributed by atoms with van der Waals surface area (Å²) in [6.07, 6.45) is 6.46. The Labute approximate surface area is 186 Å². The molecule has 1 atom stereocenters. The first kappa shape index (κ1) is 22.0. The third-order valence-electron chi connectivity index (χ3n) is 6.70. The maximum Gasteiger partial charge on any atom is 0.274 e. The zero-order valence-corrected chi connectivity index (χ0v) is 19.3. The van der Waals surface area contributed by atoms with Crippen LogP contribution >= 0.6 is 0 Å². The van der Waals surface area contributed by atoms with Crippen LogP contribution in [0, 0.1) is 0 Å². The molecule has 1 aromatic heterocycles. The van der Waals surface area contributed by atoms with E-state index in [-0.39, 0.29) is 5.91 Å². The van der Waals surface area contributed by atoms with Gasteiger partial charge in [0.2, 0.25) is 0 Å². The second-order valence-corrected chi connectivity index (χ2v) is 9.34. The minimum absolute atomic E-state index is 0.0287. The molecule has 1 fully saturated rings. The van der Waals surface area contributed by atoms with Gasteiger partial charge in [-0.1, -0.05) is 37.3 Å². The van der Waals surface area contributed by atoms with Gasteiger partial charge in [-0.3, -0.25) is 14.4 Å². The minimum atomic E-state index is 0.0287. The van der Waals surface area contributed by atoms with Crippen LogP contribution < -0.4 is 5.32 Å². The van der Waals surface area contributed by atoms with Crippen LogP contribution in [0.3, 0.4) is 0 Å². The van der Waals surface area contributed by atoms with Gasteiger partial charge in [0.05, 0.1) is 0 Å². The molecule has 0 spiro atoms. The van der Waals surface area contributed by atoms with Crippen LogP contribution in [0.25, 0.3) is 0 Å². The third kappa shape index (κ3) is 5.18. The number of amides is 1. The Kier molecular flexibility index (Phi) is 7.08. The Morgan fingerprint density at radius 2 is 1.87 bits per heavy atom. The van der Waals surface area contributed by atoms with E-state index in [0.29, 0.717) is 17.8 Å². The fourth-order valence-corrected chi connectivity index (χ4v) is 5.04. The van der Waals surface area contributed by atoms with Crippen molar-refractivity contribution in [3.05, 3.63) is 52.8 Å². The number of aromatic nitrogens is 2. The number of rotatable bonds is 7. The van der Waals surface area contributed by atoms with Crippen molar-refractivity contribution in [2.45, 2.75) is 70.6 Å². The molecule has 1 aromatic carbocycles. The highest BCUT2D eigenvalue weighted by atomic mass is 16.2. The first-order valence-corrected chi connectivity index (χ1v) is 11.9. The Bertz CT molecular complexity index is 868. The molecular weight excluding hydrogens is 386 g/mol. The van der Waals surface area contributed by atoms with Gasteiger partial charge in [0, 0.05) is 50.5 Å². The first-order chi connectivity index (χ1) is 15.0. The lowest BCUT2D eigenvalue weighted by atomic mass is 9.89. The molecule has 0 bridgehead atoms. The standard InChI is InChI=1S/C25H37N5O/c1-4-14-30-23-11-10-21(17-22(23)24(27-30)25(31)28(2)3)26-20-12-15-29(16-13-20)18-19-8-6-5-7-9-19/h5-9,20-21,26H,4,10-18H2,1-3H3/t21-/m1/s1. The smallest absolute Gasteiger partial charge is 0.274 e. The van der Waals surface area contributed by atoms with Crippen LogP contribution in [-0.4, -0.2) is 64.8 Å². The van der Waals surface area contributed by atoms with Gasteiger partial charge >= 0.3 is 0 Å². The lowest BCUT2D eigenvalue weighted by Crippen LogP contribution is -2.47. The molecule has 168 valence electrons. The Balaban J connectivity index is 1.35. The molecule has 0 saturated carbocycles. The molecule has 0 unspecified atom stereocenters. The molecule has 1 aliphatic carbocycles. The van der Waals surface area contributed by atoms with E-state index < -0.39 is 0 Å². The zero-order valence-electron chi connectivity index (χ0n) is 19.3. The first-order valence-electron chi connectivity index (χ1n) is 11.9. The summed E-state index contributed by atoms with van der Waals surface area (Å²) in [5, 5.41) is 8.66. The van der Waals surface area contributed by atoms with Gasteiger partial charge in [-0.2, -0.15) is 5.10 Å². The summed E-state index contributed by atoms with van der Waals surface area (Å²) in [5.74, 6) is 0.0287. The van der Waals surface area contributed by atoms with E-state index in [0.717, 1.165) is 51.9 Å². The fourth-order valence-electron chi connectivity index (χ4n) is 5.04. The molecule has 6 heteroatoms. The minimum Gasteiger partial charge on any atom is -0.343 e. The number of carbonyl (C=O) groups is 1. The second-order valence-electron chi connectivity index (χ2n) is 9.34. The van der Waals surface area contributed by atoms with Crippen molar-refractivity contribution in [3.8, 4) is 0 Å². The molecule has 2 aliphatic rings. The fraction of sp³-hybridized carbons (Fsp3) is 0.600. The van der Waals surface area contributed by atoms with E-state index in [9.17, 15) is 4.79 Å². The lowest BCUT2D eigenvalue weighted by molar-refractivity contribution is 0.0819. The SMILES string of the molecule is CCCn1nc(C(=O)N(C)C)c2c1CC[C@@H](NC1CCN(Cc3ccccc3)CC1)C2. The summed E-state index contributed by atoms with van der Waals surface area (Å²) >= 11 is 0. The van der Waals surface area contributed by atoms with E-state index in [2.05, 4.69) is 52.2 Å². The third-order valence-corrected chi connectivity index (χ3v) is 6.70. The van der Waals surface area contributed by atoms with E-state index in [4.69, 9.17) is 5.10 Å². The number of carbonyl (C=O) groups excluding carboxylic acids is 1. The highest BCUT2D eigenvalue weighted by molar-refractivity contribution is 5.93. The molecule has 1 saturated heterocycles. The van der Waals surface area contributed by atoms with Crippen LogP contribution in [0.5, 0.6) is 0 Å². The van der Waals surface area contributed by atoms with Gasteiger partial charge in [-0.05, 0) is 57.2 Å². The molecular formula is C25H37N5O. The van der Waals surface area contributed by atoms with Crippen molar-refractivity contribution in [3.63, 3.8) is 0 Å². The number of hydrogen-bond acceptors (Lipinski definition) is 4. The van der Waals surface area contributed by atoms with Crippen LogP contribution in [0.1, 0.15) is 59.9 Å². The van der Waals surface area contributed by atoms with Crippen LogP contribution in [0.2, 0.25) is 0 Å². The summed E-state index contributed by atoms with van der Waals surface area (Å²) < 4.78 is 2.09. The number of aryl methyl sites for hydroxylation is 1. The van der Waals surface area contributed by atoms with Crippen molar-refractivity contribution < 1.29 is 4.79 Å². The number of nitrogens with one attached hydrogen (secondary N) is 1. The topological polar surface area (TPSA) is 53.4 Å². The largest absolute Gasteiger partial charge is 0.343 e. The quantitative estimate of drug-likeness (QED) is 0.744. The van der Waals surface area contributed by atoms with Gasteiger partial charge in [-0.15, -0.1) is 0 Å². The van der Waals surface area contributed by atoms with E-state index in [1.165, 1.54) is 29.7 Å². The Morgan fingerprint density at radius 1 is 1.13 bits per heavy atom. The summed E-state index contributed by atoms with van der Waals surface area (Å²) in [6, 6.07) is 11.8. The Morgan fingerprint density at radius 3 is 2.55 bits per heavy atom. The van der Waals surface area contributed by atoms with Gasteiger partial charge in [0.15, 0.2) is 5.69 Å². The normalized spacial score (nSPS) is 19.9. The van der Waals surface area contributed by atoms with E-state index >= 15 is 0 Å². The number of piperidine rings is 1. The molecule has 4 rings (SSSR count). The zero-order chi connectivity index (χ0) is 21.8. The summed E-state index contributed by atoms with van der Waals surface area (Å²) in [7, 11) is 3.63. The predicted octanol–water partition coefficient (Wildman–Crippen LogP) is 3.11. The van der Waals surface area contributed by atoms with Gasteiger partial charge in [-0.25, -0.2) is 0 Å². The summed E-state index contributed by atoms with van der Waals surface area (Å²) in [6.45, 7) is 6.39. The number of benzene rings is 1. The molecule has 2 heterocycles. The second kappa shape index (κ2) is 9.96. The summed E-state index contributed by atoms with van der Waals surface area (Å²) in [5.41, 5.74) is 4.52. The van der Waals surface area contributed by atoms with Gasteiger partial charge in [0.25, 0.3) is 5.91 Å².